The van der Waals surface area contributed by atoms with E-state index in [1.807, 2.05) is 0 Å². The van der Waals surface area contributed by atoms with Crippen molar-refractivity contribution >= 4 is 23.4 Å². The van der Waals surface area contributed by atoms with Gasteiger partial charge in [0.1, 0.15) is 0 Å². The number of hydrogen-bond acceptors (Lipinski definition) is 3. The van der Waals surface area contributed by atoms with Gasteiger partial charge in [0.05, 0.1) is 6.10 Å². The molecule has 0 bridgehead atoms. The summed E-state index contributed by atoms with van der Waals surface area (Å²) in [7, 11) is 0. The van der Waals surface area contributed by atoms with Gasteiger partial charge in [-0.15, -0.1) is 0 Å². The van der Waals surface area contributed by atoms with E-state index in [-0.39, 0.29) is 13.1 Å². The molecule has 98 valence electrons. The topological polar surface area (TPSA) is 78.4 Å². The van der Waals surface area contributed by atoms with Crippen LogP contribution < -0.4 is 10.6 Å². The van der Waals surface area contributed by atoms with E-state index < -0.39 is 17.9 Å². The standard InChI is InChI=1S/C12H15ClN2O3/c1-8(16)6-14-11(17)12(18)15-7-9-4-2-3-5-10(9)13/h2-5,8,16H,6-7H2,1H3,(H,14,17)(H,15,18). The monoisotopic (exact) mass is 270 g/mol. The maximum absolute atomic E-state index is 11.4. The number of benzene rings is 1. The summed E-state index contributed by atoms with van der Waals surface area (Å²) in [5, 5.41) is 14.2. The van der Waals surface area contributed by atoms with Gasteiger partial charge in [-0.3, -0.25) is 9.59 Å². The summed E-state index contributed by atoms with van der Waals surface area (Å²) >= 11 is 5.91. The van der Waals surface area contributed by atoms with Crippen molar-refractivity contribution in [2.75, 3.05) is 6.54 Å². The van der Waals surface area contributed by atoms with Crippen LogP contribution in [0.15, 0.2) is 24.3 Å². The van der Waals surface area contributed by atoms with Gasteiger partial charge in [-0.1, -0.05) is 29.8 Å². The highest BCUT2D eigenvalue weighted by Crippen LogP contribution is 2.13. The van der Waals surface area contributed by atoms with Gasteiger partial charge in [-0.25, -0.2) is 0 Å². The lowest BCUT2D eigenvalue weighted by Gasteiger charge is -2.08. The largest absolute Gasteiger partial charge is 0.392 e. The number of aliphatic hydroxyl groups excluding tert-OH is 1. The molecule has 0 aliphatic heterocycles. The Morgan fingerprint density at radius 3 is 2.50 bits per heavy atom. The van der Waals surface area contributed by atoms with E-state index in [0.717, 1.165) is 5.56 Å². The maximum Gasteiger partial charge on any atom is 0.309 e. The number of carbonyl (C=O) groups excluding carboxylic acids is 2. The molecule has 3 N–H and O–H groups in total. The average Bonchev–Trinajstić information content (AvgIpc) is 2.34. The molecule has 0 aliphatic rings. The minimum absolute atomic E-state index is 0.0400. The Morgan fingerprint density at radius 2 is 1.89 bits per heavy atom. The van der Waals surface area contributed by atoms with Crippen molar-refractivity contribution < 1.29 is 14.7 Å². The molecule has 1 unspecified atom stereocenters. The first-order valence-electron chi connectivity index (χ1n) is 5.48. The van der Waals surface area contributed by atoms with Crippen molar-refractivity contribution in [3.8, 4) is 0 Å². The number of carbonyl (C=O) groups is 2. The van der Waals surface area contributed by atoms with Crippen LogP contribution in [-0.2, 0) is 16.1 Å². The van der Waals surface area contributed by atoms with Gasteiger partial charge in [-0.05, 0) is 18.6 Å². The second-order valence-corrected chi connectivity index (χ2v) is 4.24. The van der Waals surface area contributed by atoms with Gasteiger partial charge in [0.25, 0.3) is 0 Å². The highest BCUT2D eigenvalue weighted by atomic mass is 35.5. The molecule has 0 aromatic heterocycles. The predicted molar refractivity (Wildman–Crippen MR) is 68.0 cm³/mol. The quantitative estimate of drug-likeness (QED) is 0.695. The van der Waals surface area contributed by atoms with Crippen molar-refractivity contribution in [1.82, 2.24) is 10.6 Å². The Labute approximate surface area is 110 Å². The third kappa shape index (κ3) is 4.73. The maximum atomic E-state index is 11.4. The van der Waals surface area contributed by atoms with Crippen molar-refractivity contribution in [2.45, 2.75) is 19.6 Å². The van der Waals surface area contributed by atoms with Gasteiger partial charge in [0.2, 0.25) is 0 Å². The normalized spacial score (nSPS) is 11.7. The summed E-state index contributed by atoms with van der Waals surface area (Å²) in [6.07, 6.45) is -0.690. The van der Waals surface area contributed by atoms with E-state index in [1.54, 1.807) is 24.3 Å². The van der Waals surface area contributed by atoms with Gasteiger partial charge in [0, 0.05) is 18.1 Å². The highest BCUT2D eigenvalue weighted by molar-refractivity contribution is 6.35. The Morgan fingerprint density at radius 1 is 1.28 bits per heavy atom. The molecule has 5 nitrogen and oxygen atoms in total. The van der Waals surface area contributed by atoms with Crippen molar-refractivity contribution in [1.29, 1.82) is 0 Å². The molecule has 18 heavy (non-hydrogen) atoms. The van der Waals surface area contributed by atoms with Crippen LogP contribution in [0.1, 0.15) is 12.5 Å². The van der Waals surface area contributed by atoms with Crippen LogP contribution in [0.3, 0.4) is 0 Å². The SMILES string of the molecule is CC(O)CNC(=O)C(=O)NCc1ccccc1Cl. The minimum atomic E-state index is -0.775. The zero-order chi connectivity index (χ0) is 13.5. The van der Waals surface area contributed by atoms with Gasteiger partial charge >= 0.3 is 11.8 Å². The molecular weight excluding hydrogens is 256 g/mol. The molecule has 0 aliphatic carbocycles. The zero-order valence-corrected chi connectivity index (χ0v) is 10.7. The summed E-state index contributed by atoms with van der Waals surface area (Å²) in [4.78, 5) is 22.7. The summed E-state index contributed by atoms with van der Waals surface area (Å²) in [5.74, 6) is -1.53. The number of rotatable bonds is 4. The predicted octanol–water partition coefficient (Wildman–Crippen LogP) is 0.453. The van der Waals surface area contributed by atoms with Crippen molar-refractivity contribution in [3.63, 3.8) is 0 Å². The van der Waals surface area contributed by atoms with Gasteiger partial charge < -0.3 is 15.7 Å². The fraction of sp³-hybridized carbons (Fsp3) is 0.333. The molecule has 1 rings (SSSR count). The number of hydrogen-bond donors (Lipinski definition) is 3. The molecule has 6 heteroatoms. The van der Waals surface area contributed by atoms with Crippen LogP contribution in [0.4, 0.5) is 0 Å². The van der Waals surface area contributed by atoms with Crippen LogP contribution in [0, 0.1) is 0 Å². The van der Waals surface area contributed by atoms with Crippen LogP contribution >= 0.6 is 11.6 Å². The number of aliphatic hydroxyl groups is 1. The Balaban J connectivity index is 2.42. The molecule has 0 spiro atoms. The molecule has 0 saturated carbocycles. The highest BCUT2D eigenvalue weighted by Gasteiger charge is 2.13. The van der Waals surface area contributed by atoms with E-state index in [0.29, 0.717) is 5.02 Å². The third-order valence-corrected chi connectivity index (χ3v) is 2.53. The zero-order valence-electron chi connectivity index (χ0n) is 9.94. The van der Waals surface area contributed by atoms with Crippen LogP contribution in [0.25, 0.3) is 0 Å². The fourth-order valence-corrected chi connectivity index (χ4v) is 1.42. The second kappa shape index (κ2) is 6.98. The molecule has 0 saturated heterocycles. The smallest absolute Gasteiger partial charge is 0.309 e. The third-order valence-electron chi connectivity index (χ3n) is 2.16. The molecule has 0 heterocycles. The molecular formula is C12H15ClN2O3. The fourth-order valence-electron chi connectivity index (χ4n) is 1.22. The molecule has 2 amide bonds. The molecule has 0 fully saturated rings. The average molecular weight is 271 g/mol. The Hall–Kier alpha value is -1.59. The van der Waals surface area contributed by atoms with E-state index in [4.69, 9.17) is 16.7 Å². The van der Waals surface area contributed by atoms with E-state index in [9.17, 15) is 9.59 Å². The van der Waals surface area contributed by atoms with Crippen molar-refractivity contribution in [2.24, 2.45) is 0 Å². The van der Waals surface area contributed by atoms with Crippen LogP contribution in [-0.4, -0.2) is 29.6 Å². The lowest BCUT2D eigenvalue weighted by atomic mass is 10.2. The number of halogens is 1. The summed E-state index contributed by atoms with van der Waals surface area (Å²) in [6.45, 7) is 1.74. The first kappa shape index (κ1) is 14.5. The second-order valence-electron chi connectivity index (χ2n) is 3.83. The lowest BCUT2D eigenvalue weighted by Crippen LogP contribution is -2.42. The van der Waals surface area contributed by atoms with E-state index >= 15 is 0 Å². The van der Waals surface area contributed by atoms with Crippen LogP contribution in [0.2, 0.25) is 5.02 Å². The lowest BCUT2D eigenvalue weighted by molar-refractivity contribution is -0.139. The molecule has 1 aromatic carbocycles. The number of nitrogens with one attached hydrogen (secondary N) is 2. The summed E-state index contributed by atoms with van der Waals surface area (Å²) in [6, 6.07) is 7.04. The molecule has 1 aromatic rings. The Kier molecular flexibility index (Phi) is 5.61. The van der Waals surface area contributed by atoms with Gasteiger partial charge in [-0.2, -0.15) is 0 Å². The molecule has 1 atom stereocenters. The van der Waals surface area contributed by atoms with Crippen LogP contribution in [0.5, 0.6) is 0 Å². The van der Waals surface area contributed by atoms with E-state index in [1.165, 1.54) is 6.92 Å². The van der Waals surface area contributed by atoms with Crippen molar-refractivity contribution in [3.05, 3.63) is 34.9 Å². The summed E-state index contributed by atoms with van der Waals surface area (Å²) in [5.41, 5.74) is 0.732. The van der Waals surface area contributed by atoms with E-state index in [2.05, 4.69) is 10.6 Å². The summed E-state index contributed by atoms with van der Waals surface area (Å²) < 4.78 is 0. The van der Waals surface area contributed by atoms with Gasteiger partial charge in [0.15, 0.2) is 0 Å². The first-order valence-corrected chi connectivity index (χ1v) is 5.86. The Bertz CT molecular complexity index is 435. The minimum Gasteiger partial charge on any atom is -0.392 e. The molecule has 0 radical (unpaired) electrons. The first-order chi connectivity index (χ1) is 8.50. The number of amides is 2.